The Morgan fingerprint density at radius 1 is 0.808 bits per heavy atom. The Morgan fingerprint density at radius 2 is 1.45 bits per heavy atom. The number of H-pyrrole nitrogens is 1. The van der Waals surface area contributed by atoms with E-state index in [1.165, 1.54) is 7.11 Å². The zero-order valence-electron chi connectivity index (χ0n) is 44.2. The van der Waals surface area contributed by atoms with Gasteiger partial charge in [0.1, 0.15) is 73.6 Å². The van der Waals surface area contributed by atoms with Crippen LogP contribution in [0.15, 0.2) is 42.5 Å². The van der Waals surface area contributed by atoms with Gasteiger partial charge in [0.25, 0.3) is 0 Å². The van der Waals surface area contributed by atoms with Crippen molar-refractivity contribution in [2.24, 2.45) is 5.73 Å². The number of anilines is 1. The first-order valence-electron chi connectivity index (χ1n) is 26.2. The van der Waals surface area contributed by atoms with E-state index in [9.17, 15) is 76.0 Å². The lowest BCUT2D eigenvalue weighted by molar-refractivity contribution is -0.142. The molecule has 1 aliphatic rings. The summed E-state index contributed by atoms with van der Waals surface area (Å²) in [7, 11) is 3.06. The molecule has 1 amide bonds. The van der Waals surface area contributed by atoms with Crippen molar-refractivity contribution in [1.29, 1.82) is 0 Å². The number of aliphatic hydroxyl groups is 15. The molecule has 2 heterocycles. The Morgan fingerprint density at radius 3 is 2.10 bits per heavy atom. The molecule has 0 saturated carbocycles. The Bertz CT molecular complexity index is 2170. The molecule has 444 valence electrons. The summed E-state index contributed by atoms with van der Waals surface area (Å²) in [6.07, 6.45) is -18.8. The summed E-state index contributed by atoms with van der Waals surface area (Å²) in [5, 5.41) is 168. The molecule has 1 aliphatic heterocycles. The number of aromatic nitrogens is 2. The molecule has 0 aliphatic carbocycles. The number of hydrogen-bond donors (Lipinski definition) is 22. The molecule has 0 bridgehead atoms. The van der Waals surface area contributed by atoms with E-state index >= 15 is 0 Å². The average molecular weight is 1120 g/mol. The molecule has 0 spiro atoms. The normalized spacial score (nSPS) is 20.7. The van der Waals surface area contributed by atoms with Gasteiger partial charge in [-0.15, -0.1) is 0 Å². The van der Waals surface area contributed by atoms with Gasteiger partial charge in [0.05, 0.1) is 62.6 Å². The van der Waals surface area contributed by atoms with Crippen molar-refractivity contribution in [2.75, 3.05) is 58.9 Å². The van der Waals surface area contributed by atoms with E-state index in [-0.39, 0.29) is 38.6 Å². The van der Waals surface area contributed by atoms with E-state index in [2.05, 4.69) is 36.6 Å². The maximum absolute atomic E-state index is 12.5. The highest BCUT2D eigenvalue weighted by Crippen LogP contribution is 2.31. The van der Waals surface area contributed by atoms with Crippen LogP contribution >= 0.6 is 0 Å². The van der Waals surface area contributed by atoms with Crippen LogP contribution in [0.1, 0.15) is 81.0 Å². The fraction of sp³-hybridized carbons (Fsp3) is 0.700. The van der Waals surface area contributed by atoms with Crippen molar-refractivity contribution in [3.63, 3.8) is 0 Å². The molecule has 1 unspecified atom stereocenters. The van der Waals surface area contributed by atoms with E-state index in [0.29, 0.717) is 62.4 Å². The molecule has 0 saturated heterocycles. The Balaban J connectivity index is 1.32. The quantitative estimate of drug-likeness (QED) is 0.0145. The molecule has 28 nitrogen and oxygen atoms in total. The number of para-hydroxylation sites is 2. The number of carbonyl (C=O) groups excluding carboxylic acids is 2. The lowest BCUT2D eigenvalue weighted by Crippen LogP contribution is -2.56. The Labute approximate surface area is 452 Å². The number of esters is 1. The summed E-state index contributed by atoms with van der Waals surface area (Å²) in [4.78, 5) is 36.5. The van der Waals surface area contributed by atoms with Crippen LogP contribution in [0, 0.1) is 0 Å². The summed E-state index contributed by atoms with van der Waals surface area (Å²) in [6, 6.07) is 10.3. The zero-order chi connectivity index (χ0) is 57.6. The molecule has 16 atom stereocenters. The average Bonchev–Trinajstić information content (AvgIpc) is 3.83. The molecule has 0 radical (unpaired) electrons. The summed E-state index contributed by atoms with van der Waals surface area (Å²) in [5.74, 6) is -0.475. The second-order valence-electron chi connectivity index (χ2n) is 20.0. The number of nitrogens with zero attached hydrogens (tertiary/aromatic N) is 3. The van der Waals surface area contributed by atoms with E-state index in [4.69, 9.17) is 20.7 Å². The standard InChI is InChI=1S/C50H86N10O18/c1-59(24-39-56-31-9-5-6-10-32(31)57-39)49(76)27-11-13-30-28(19-27)23-60(50(77)34(55-30)20-42(69)78-2)18-8-4-3-7-17-52-48(75)33(14-16-41(68)54-22-36(64)44(71)46(73)38(66)26-62)58-47(74)29(51)12-15-40(67)53-21-35(63)43(70)45(72)37(65)25-61/h5-6,9-11,13,19,29,33-38,41,43-50,52,54-55,58,61-66,68,70-77H,3-4,7-8,12,14-18,20-26,51H2,1-2H3,(H,53,67)(H,56,57)/t29-,33-,34?,35+,36-,37-,38+,41+,43-,44-,45-,46-,47+,48+,49+,50+/m0/s1. The maximum Gasteiger partial charge on any atom is 0.307 e. The molecule has 28 heteroatoms. The number of hydrogen-bond acceptors (Lipinski definition) is 26. The monoisotopic (exact) mass is 1110 g/mol. The zero-order valence-corrected chi connectivity index (χ0v) is 44.2. The fourth-order valence-electron chi connectivity index (χ4n) is 8.86. The number of amides is 1. The minimum atomic E-state index is -1.90. The van der Waals surface area contributed by atoms with Crippen LogP contribution in [0.5, 0.6) is 0 Å². The molecule has 78 heavy (non-hydrogen) atoms. The fourth-order valence-corrected chi connectivity index (χ4v) is 8.86. The second-order valence-corrected chi connectivity index (χ2v) is 20.0. The van der Waals surface area contributed by atoms with Crippen molar-refractivity contribution in [3.05, 3.63) is 59.4 Å². The predicted molar refractivity (Wildman–Crippen MR) is 281 cm³/mol. The summed E-state index contributed by atoms with van der Waals surface area (Å²) >= 11 is 0. The first-order chi connectivity index (χ1) is 37.1. The van der Waals surface area contributed by atoms with Gasteiger partial charge in [0.2, 0.25) is 5.91 Å². The minimum Gasteiger partial charge on any atom is -0.469 e. The number of fused-ring (bicyclic) bond motifs is 2. The van der Waals surface area contributed by atoms with Gasteiger partial charge in [-0.2, -0.15) is 0 Å². The summed E-state index contributed by atoms with van der Waals surface area (Å²) < 4.78 is 4.93. The molecular formula is C50H86N10O18. The number of nitrogens with two attached hydrogens (primary N) is 1. The van der Waals surface area contributed by atoms with Crippen LogP contribution in [0.4, 0.5) is 5.69 Å². The van der Waals surface area contributed by atoms with E-state index in [1.54, 1.807) is 18.0 Å². The van der Waals surface area contributed by atoms with Gasteiger partial charge < -0.3 is 103 Å². The largest absolute Gasteiger partial charge is 0.469 e. The topological polar surface area (TPSA) is 468 Å². The molecule has 1 aromatic heterocycles. The van der Waals surface area contributed by atoms with Gasteiger partial charge in [0, 0.05) is 50.4 Å². The number of aromatic amines is 1. The maximum atomic E-state index is 12.5. The van der Waals surface area contributed by atoms with E-state index in [1.807, 2.05) is 41.3 Å². The first-order valence-corrected chi connectivity index (χ1v) is 26.2. The SMILES string of the molecule is COC(=O)CC1Nc2ccc([C@@H](O)N(C)Cc3nc4ccccc4[nH]3)cc2CN(CCCCCCN[C@H](O)[C@H](CC[C@@H](O)NC[C@H](O)[C@H](O)[C@@H](O)[C@H](O)CO)N[C@H](O)[C@@H](N)CCC(=O)NC[C@@H](O)[C@H](O)[C@@H](O)[C@@H](O)CO)[C@@H]1O. The van der Waals surface area contributed by atoms with Crippen LogP contribution in [-0.4, -0.2) is 254 Å². The Kier molecular flexibility index (Phi) is 28.5. The number of aliphatic hydroxyl groups excluding tert-OH is 15. The number of ether oxygens (including phenoxy) is 1. The van der Waals surface area contributed by atoms with Gasteiger partial charge in [-0.25, -0.2) is 4.98 Å². The van der Waals surface area contributed by atoms with Crippen LogP contribution in [0.25, 0.3) is 11.0 Å². The van der Waals surface area contributed by atoms with E-state index < -0.39 is 136 Å². The number of methoxy groups -OCH3 is 1. The predicted octanol–water partition coefficient (Wildman–Crippen LogP) is -6.31. The summed E-state index contributed by atoms with van der Waals surface area (Å²) in [5.41, 5.74) is 10.0. The van der Waals surface area contributed by atoms with Crippen LogP contribution in [0.2, 0.25) is 0 Å². The van der Waals surface area contributed by atoms with Crippen LogP contribution in [0.3, 0.4) is 0 Å². The number of benzene rings is 2. The van der Waals surface area contributed by atoms with Crippen molar-refractivity contribution < 1.29 is 90.9 Å². The van der Waals surface area contributed by atoms with Crippen molar-refractivity contribution in [1.82, 2.24) is 41.0 Å². The minimum absolute atomic E-state index is 0.0408. The lowest BCUT2D eigenvalue weighted by Gasteiger charge is -2.31. The number of unbranched alkanes of at least 4 members (excludes halogenated alkanes) is 3. The highest BCUT2D eigenvalue weighted by molar-refractivity contribution is 5.76. The van der Waals surface area contributed by atoms with Gasteiger partial charge in [-0.1, -0.05) is 31.0 Å². The van der Waals surface area contributed by atoms with Crippen molar-refractivity contribution in [3.8, 4) is 0 Å². The van der Waals surface area contributed by atoms with Gasteiger partial charge in [0.15, 0.2) is 0 Å². The van der Waals surface area contributed by atoms with Crippen LogP contribution < -0.4 is 32.3 Å². The number of imidazole rings is 1. The lowest BCUT2D eigenvalue weighted by atomic mass is 10.0. The summed E-state index contributed by atoms with van der Waals surface area (Å²) in [6.45, 7) is -1.41. The third kappa shape index (κ3) is 20.7. The van der Waals surface area contributed by atoms with Gasteiger partial charge in [-0.3, -0.25) is 35.3 Å². The molecule has 4 rings (SSSR count). The third-order valence-corrected chi connectivity index (χ3v) is 13.8. The highest BCUT2D eigenvalue weighted by Gasteiger charge is 2.34. The molecule has 23 N–H and O–H groups in total. The Hall–Kier alpha value is -4.19. The van der Waals surface area contributed by atoms with Gasteiger partial charge in [-0.05, 0) is 81.1 Å². The van der Waals surface area contributed by atoms with Crippen molar-refractivity contribution >= 4 is 28.6 Å². The van der Waals surface area contributed by atoms with Gasteiger partial charge >= 0.3 is 5.97 Å². The third-order valence-electron chi connectivity index (χ3n) is 13.8. The molecule has 0 fully saturated rings. The second kappa shape index (κ2) is 33.5. The number of rotatable bonds is 37. The molecule has 3 aromatic rings. The number of nitrogens with one attached hydrogen (secondary N) is 6. The van der Waals surface area contributed by atoms with Crippen molar-refractivity contribution in [2.45, 2.75) is 169 Å². The van der Waals surface area contributed by atoms with Crippen LogP contribution in [-0.2, 0) is 27.4 Å². The smallest absolute Gasteiger partial charge is 0.307 e. The first kappa shape index (κ1) is 66.3. The molecule has 2 aromatic carbocycles. The number of carbonyl (C=O) groups is 2. The molecular weight excluding hydrogens is 1030 g/mol. The highest BCUT2D eigenvalue weighted by atomic mass is 16.5. The van der Waals surface area contributed by atoms with E-state index in [0.717, 1.165) is 16.6 Å².